The van der Waals surface area contributed by atoms with Gasteiger partial charge < -0.3 is 9.80 Å². The summed E-state index contributed by atoms with van der Waals surface area (Å²) in [5, 5.41) is 0. The highest BCUT2D eigenvalue weighted by atomic mass is 19.1. The molecule has 0 bridgehead atoms. The van der Waals surface area contributed by atoms with Crippen molar-refractivity contribution < 1.29 is 9.18 Å². The summed E-state index contributed by atoms with van der Waals surface area (Å²) in [5.74, 6) is 1.81. The minimum Gasteiger partial charge on any atom is -0.339 e. The van der Waals surface area contributed by atoms with Crippen LogP contribution in [-0.4, -0.2) is 48.4 Å². The summed E-state index contributed by atoms with van der Waals surface area (Å²) in [6.07, 6.45) is 8.10. The number of amides is 1. The number of aryl methyl sites for hydroxylation is 1. The van der Waals surface area contributed by atoms with Crippen LogP contribution >= 0.6 is 0 Å². The number of halogens is 1. The van der Waals surface area contributed by atoms with Crippen LogP contribution in [0.15, 0.2) is 84.9 Å². The van der Waals surface area contributed by atoms with E-state index in [4.69, 9.17) is 0 Å². The highest BCUT2D eigenvalue weighted by Gasteiger charge is 2.39. The molecule has 38 heavy (non-hydrogen) atoms. The maximum absolute atomic E-state index is 13.2. The second-order valence-corrected chi connectivity index (χ2v) is 11.4. The summed E-state index contributed by atoms with van der Waals surface area (Å²) in [6, 6.07) is 27.9. The molecular formula is C34H41FN2O. The Morgan fingerprint density at radius 3 is 2.24 bits per heavy atom. The standard InChI is InChI=1S/C34H41FN2O/c1-36(34(38)29-13-6-3-7-14-29)32-23-30(33(24-32)28-11-4-2-5-12-28)25-37-21-19-27(20-22-37)10-8-9-26-15-17-31(35)18-16-26/h2-7,11-18,27,30,32-33H,8-10,19-25H2,1H3. The molecule has 3 unspecified atom stereocenters. The quantitative estimate of drug-likeness (QED) is 0.303. The molecule has 1 saturated heterocycles. The van der Waals surface area contributed by atoms with E-state index in [9.17, 15) is 9.18 Å². The van der Waals surface area contributed by atoms with Gasteiger partial charge in [0, 0.05) is 25.2 Å². The van der Waals surface area contributed by atoms with Crippen molar-refractivity contribution in [2.45, 2.75) is 56.9 Å². The van der Waals surface area contributed by atoms with E-state index in [0.717, 1.165) is 37.3 Å². The van der Waals surface area contributed by atoms with E-state index in [-0.39, 0.29) is 17.8 Å². The average molecular weight is 513 g/mol. The number of likely N-dealkylation sites (tertiary alicyclic amines) is 1. The van der Waals surface area contributed by atoms with E-state index in [2.05, 4.69) is 35.2 Å². The van der Waals surface area contributed by atoms with Gasteiger partial charge in [-0.3, -0.25) is 4.79 Å². The molecule has 1 heterocycles. The molecule has 0 aromatic heterocycles. The number of carbonyl (C=O) groups is 1. The first kappa shape index (κ1) is 26.6. The van der Waals surface area contributed by atoms with Crippen LogP contribution in [0.25, 0.3) is 0 Å². The third-order valence-electron chi connectivity index (χ3n) is 8.98. The van der Waals surface area contributed by atoms with Crippen molar-refractivity contribution in [2.75, 3.05) is 26.7 Å². The zero-order valence-corrected chi connectivity index (χ0v) is 22.6. The maximum atomic E-state index is 13.2. The Labute approximate surface area is 227 Å². The highest BCUT2D eigenvalue weighted by Crippen LogP contribution is 2.42. The number of hydrogen-bond donors (Lipinski definition) is 0. The van der Waals surface area contributed by atoms with Gasteiger partial charge in [-0.15, -0.1) is 0 Å². The van der Waals surface area contributed by atoms with Crippen molar-refractivity contribution in [3.05, 3.63) is 107 Å². The third-order valence-corrected chi connectivity index (χ3v) is 8.98. The molecule has 1 aliphatic carbocycles. The average Bonchev–Trinajstić information content (AvgIpc) is 3.39. The molecule has 5 rings (SSSR count). The predicted molar refractivity (Wildman–Crippen MR) is 153 cm³/mol. The van der Waals surface area contributed by atoms with Crippen molar-refractivity contribution in [1.82, 2.24) is 9.80 Å². The molecule has 1 aliphatic heterocycles. The fourth-order valence-electron chi connectivity index (χ4n) is 6.71. The first-order chi connectivity index (χ1) is 18.6. The van der Waals surface area contributed by atoms with Gasteiger partial charge in [-0.2, -0.15) is 0 Å². The van der Waals surface area contributed by atoms with Crippen LogP contribution in [-0.2, 0) is 6.42 Å². The van der Waals surface area contributed by atoms with Gasteiger partial charge in [-0.25, -0.2) is 4.39 Å². The normalized spacial score (nSPS) is 22.4. The van der Waals surface area contributed by atoms with Crippen LogP contribution in [0.1, 0.15) is 65.9 Å². The number of piperidine rings is 1. The van der Waals surface area contributed by atoms with Gasteiger partial charge in [0.05, 0.1) is 0 Å². The molecule has 0 N–H and O–H groups in total. The lowest BCUT2D eigenvalue weighted by Gasteiger charge is -2.35. The molecule has 3 aromatic rings. The van der Waals surface area contributed by atoms with Crippen LogP contribution in [0.3, 0.4) is 0 Å². The lowest BCUT2D eigenvalue weighted by atomic mass is 9.87. The van der Waals surface area contributed by atoms with E-state index < -0.39 is 0 Å². The lowest BCUT2D eigenvalue weighted by molar-refractivity contribution is 0.0728. The van der Waals surface area contributed by atoms with Crippen LogP contribution in [0.2, 0.25) is 0 Å². The van der Waals surface area contributed by atoms with E-state index in [0.29, 0.717) is 11.8 Å². The summed E-state index contributed by atoms with van der Waals surface area (Å²) in [4.78, 5) is 17.9. The Morgan fingerprint density at radius 2 is 1.55 bits per heavy atom. The molecular weight excluding hydrogens is 471 g/mol. The largest absolute Gasteiger partial charge is 0.339 e. The molecule has 1 saturated carbocycles. The molecule has 200 valence electrons. The smallest absolute Gasteiger partial charge is 0.253 e. The molecule has 2 aliphatic rings. The number of benzene rings is 3. The molecule has 3 aromatic carbocycles. The molecule has 1 amide bonds. The second kappa shape index (κ2) is 12.7. The van der Waals surface area contributed by atoms with Gasteiger partial charge in [0.25, 0.3) is 5.91 Å². The Bertz CT molecular complexity index is 1140. The van der Waals surface area contributed by atoms with E-state index >= 15 is 0 Å². The summed E-state index contributed by atoms with van der Waals surface area (Å²) >= 11 is 0. The van der Waals surface area contributed by atoms with Crippen molar-refractivity contribution in [1.29, 1.82) is 0 Å². The topological polar surface area (TPSA) is 23.6 Å². The Balaban J connectivity index is 1.15. The molecule has 3 nitrogen and oxygen atoms in total. The van der Waals surface area contributed by atoms with Gasteiger partial charge in [0.1, 0.15) is 5.82 Å². The summed E-state index contributed by atoms with van der Waals surface area (Å²) in [5.41, 5.74) is 3.43. The minimum atomic E-state index is -0.154. The van der Waals surface area contributed by atoms with Gasteiger partial charge in [-0.05, 0) is 105 Å². The SMILES string of the molecule is CN(C(=O)c1ccccc1)C1CC(CN2CCC(CCCc3ccc(F)cc3)CC2)C(c2ccccc2)C1. The molecule has 0 spiro atoms. The Morgan fingerprint density at radius 1 is 0.895 bits per heavy atom. The predicted octanol–water partition coefficient (Wildman–Crippen LogP) is 7.20. The molecule has 0 radical (unpaired) electrons. The first-order valence-corrected chi connectivity index (χ1v) is 14.4. The zero-order chi connectivity index (χ0) is 26.3. The van der Waals surface area contributed by atoms with Crippen molar-refractivity contribution >= 4 is 5.91 Å². The van der Waals surface area contributed by atoms with Crippen LogP contribution in [0.4, 0.5) is 4.39 Å². The summed E-state index contributed by atoms with van der Waals surface area (Å²) in [7, 11) is 1.99. The first-order valence-electron chi connectivity index (χ1n) is 14.4. The molecule has 4 heteroatoms. The number of rotatable bonds is 9. The Hall–Kier alpha value is -2.98. The van der Waals surface area contributed by atoms with Crippen molar-refractivity contribution in [3.63, 3.8) is 0 Å². The van der Waals surface area contributed by atoms with E-state index in [1.54, 1.807) is 12.1 Å². The maximum Gasteiger partial charge on any atom is 0.253 e. The third kappa shape index (κ3) is 6.71. The van der Waals surface area contributed by atoms with E-state index in [1.165, 1.54) is 49.9 Å². The van der Waals surface area contributed by atoms with E-state index in [1.807, 2.05) is 54.4 Å². The monoisotopic (exact) mass is 512 g/mol. The van der Waals surface area contributed by atoms with Crippen LogP contribution < -0.4 is 0 Å². The fourth-order valence-corrected chi connectivity index (χ4v) is 6.71. The van der Waals surface area contributed by atoms with Gasteiger partial charge in [-0.1, -0.05) is 67.1 Å². The van der Waals surface area contributed by atoms with Crippen molar-refractivity contribution in [3.8, 4) is 0 Å². The van der Waals surface area contributed by atoms with Gasteiger partial charge in [0.15, 0.2) is 0 Å². The number of hydrogen-bond acceptors (Lipinski definition) is 2. The highest BCUT2D eigenvalue weighted by molar-refractivity contribution is 5.94. The second-order valence-electron chi connectivity index (χ2n) is 11.4. The lowest BCUT2D eigenvalue weighted by Crippen LogP contribution is -2.38. The fraction of sp³-hybridized carbons (Fsp3) is 0.441. The summed E-state index contributed by atoms with van der Waals surface area (Å²) in [6.45, 7) is 3.46. The molecule has 2 fully saturated rings. The van der Waals surface area contributed by atoms with Gasteiger partial charge in [0.2, 0.25) is 0 Å². The zero-order valence-electron chi connectivity index (χ0n) is 22.6. The summed E-state index contributed by atoms with van der Waals surface area (Å²) < 4.78 is 13.1. The molecule has 3 atom stereocenters. The number of carbonyl (C=O) groups excluding carboxylic acids is 1. The van der Waals surface area contributed by atoms with Crippen molar-refractivity contribution in [2.24, 2.45) is 11.8 Å². The van der Waals surface area contributed by atoms with Crippen LogP contribution in [0.5, 0.6) is 0 Å². The van der Waals surface area contributed by atoms with Gasteiger partial charge >= 0.3 is 0 Å². The van der Waals surface area contributed by atoms with Crippen LogP contribution in [0, 0.1) is 17.7 Å². The minimum absolute atomic E-state index is 0.129. The Kier molecular flexibility index (Phi) is 8.90. The number of nitrogens with zero attached hydrogens (tertiary/aromatic N) is 2.